The Morgan fingerprint density at radius 1 is 1.22 bits per heavy atom. The third-order valence-electron chi connectivity index (χ3n) is 3.19. The molecular formula is C17H18ClFN2O2. The van der Waals surface area contributed by atoms with Gasteiger partial charge >= 0.3 is 6.03 Å². The lowest BCUT2D eigenvalue weighted by Crippen LogP contribution is -2.38. The number of carbonyl (C=O) groups excluding carboxylic acids is 1. The smallest absolute Gasteiger partial charge is 0.317 e. The number of para-hydroxylation sites is 1. The minimum absolute atomic E-state index is 0.0941. The third kappa shape index (κ3) is 5.14. The van der Waals surface area contributed by atoms with Crippen molar-refractivity contribution >= 4 is 17.6 Å². The van der Waals surface area contributed by atoms with Gasteiger partial charge in [0.25, 0.3) is 0 Å². The van der Waals surface area contributed by atoms with E-state index in [0.717, 1.165) is 5.75 Å². The van der Waals surface area contributed by atoms with Gasteiger partial charge in [0.05, 0.1) is 13.1 Å². The summed E-state index contributed by atoms with van der Waals surface area (Å²) in [5.74, 6) is 0.317. The number of rotatable bonds is 6. The Labute approximate surface area is 139 Å². The average molecular weight is 337 g/mol. The van der Waals surface area contributed by atoms with Crippen molar-refractivity contribution in [1.82, 2.24) is 10.2 Å². The fourth-order valence-corrected chi connectivity index (χ4v) is 2.19. The molecule has 6 heteroatoms. The first-order valence-corrected chi connectivity index (χ1v) is 7.55. The van der Waals surface area contributed by atoms with Crippen molar-refractivity contribution in [3.63, 3.8) is 0 Å². The first-order valence-electron chi connectivity index (χ1n) is 7.17. The van der Waals surface area contributed by atoms with E-state index in [0.29, 0.717) is 23.7 Å². The van der Waals surface area contributed by atoms with Crippen molar-refractivity contribution in [3.8, 4) is 5.75 Å². The van der Waals surface area contributed by atoms with Crippen LogP contribution in [-0.2, 0) is 6.54 Å². The Morgan fingerprint density at radius 3 is 2.65 bits per heavy atom. The standard InChI is InChI=1S/C17H18ClFN2O2/c1-21(12-14-15(18)8-5-9-16(14)19)17(22)20-10-11-23-13-6-3-2-4-7-13/h2-9H,10-12H2,1H3,(H,20,22). The van der Waals surface area contributed by atoms with Crippen LogP contribution in [0, 0.1) is 5.82 Å². The number of benzene rings is 2. The SMILES string of the molecule is CN(Cc1c(F)cccc1Cl)C(=O)NCCOc1ccccc1. The molecule has 0 atom stereocenters. The van der Waals surface area contributed by atoms with Gasteiger partial charge < -0.3 is 15.0 Å². The van der Waals surface area contributed by atoms with E-state index in [9.17, 15) is 9.18 Å². The molecule has 2 amide bonds. The molecule has 0 aliphatic carbocycles. The minimum Gasteiger partial charge on any atom is -0.492 e. The predicted molar refractivity (Wildman–Crippen MR) is 88.2 cm³/mol. The number of ether oxygens (including phenoxy) is 1. The second kappa shape index (κ2) is 8.39. The summed E-state index contributed by atoms with van der Waals surface area (Å²) in [7, 11) is 1.58. The zero-order chi connectivity index (χ0) is 16.7. The number of halogens is 2. The molecule has 4 nitrogen and oxygen atoms in total. The van der Waals surface area contributed by atoms with Crippen LogP contribution in [-0.4, -0.2) is 31.1 Å². The fourth-order valence-electron chi connectivity index (χ4n) is 1.97. The van der Waals surface area contributed by atoms with E-state index < -0.39 is 5.82 Å². The first kappa shape index (κ1) is 17.1. The van der Waals surface area contributed by atoms with Gasteiger partial charge in [-0.05, 0) is 24.3 Å². The molecule has 0 saturated heterocycles. The first-order chi connectivity index (χ1) is 11.1. The van der Waals surface area contributed by atoms with Gasteiger partial charge in [0, 0.05) is 17.6 Å². The average Bonchev–Trinajstić information content (AvgIpc) is 2.55. The van der Waals surface area contributed by atoms with E-state index in [1.54, 1.807) is 13.1 Å². The second-order valence-electron chi connectivity index (χ2n) is 4.95. The van der Waals surface area contributed by atoms with Crippen molar-refractivity contribution in [1.29, 1.82) is 0 Å². The van der Waals surface area contributed by atoms with Gasteiger partial charge in [-0.3, -0.25) is 0 Å². The van der Waals surface area contributed by atoms with E-state index in [1.165, 1.54) is 17.0 Å². The lowest BCUT2D eigenvalue weighted by atomic mass is 10.2. The summed E-state index contributed by atoms with van der Waals surface area (Å²) in [5.41, 5.74) is 0.298. The molecule has 0 fully saturated rings. The van der Waals surface area contributed by atoms with Gasteiger partial charge in [-0.1, -0.05) is 35.9 Å². The van der Waals surface area contributed by atoms with Crippen molar-refractivity contribution < 1.29 is 13.9 Å². The van der Waals surface area contributed by atoms with Crippen LogP contribution in [0.25, 0.3) is 0 Å². The highest BCUT2D eigenvalue weighted by atomic mass is 35.5. The molecule has 0 spiro atoms. The maximum absolute atomic E-state index is 13.7. The van der Waals surface area contributed by atoms with E-state index in [2.05, 4.69) is 5.32 Å². The molecule has 0 aromatic heterocycles. The van der Waals surface area contributed by atoms with Crippen molar-refractivity contribution in [2.75, 3.05) is 20.2 Å². The molecule has 0 aliphatic rings. The summed E-state index contributed by atoms with van der Waals surface area (Å²) < 4.78 is 19.2. The Hall–Kier alpha value is -2.27. The van der Waals surface area contributed by atoms with Crippen LogP contribution in [0.4, 0.5) is 9.18 Å². The predicted octanol–water partition coefficient (Wildman–Crippen LogP) is 3.70. The molecule has 2 rings (SSSR count). The third-order valence-corrected chi connectivity index (χ3v) is 3.55. The van der Waals surface area contributed by atoms with Gasteiger partial charge in [0.15, 0.2) is 0 Å². The molecule has 1 N–H and O–H groups in total. The Balaban J connectivity index is 1.77. The molecule has 2 aromatic rings. The van der Waals surface area contributed by atoms with Gasteiger partial charge in [0.2, 0.25) is 0 Å². The summed E-state index contributed by atoms with van der Waals surface area (Å²) >= 11 is 5.95. The summed E-state index contributed by atoms with van der Waals surface area (Å²) in [5, 5.41) is 3.01. The highest BCUT2D eigenvalue weighted by Gasteiger charge is 2.13. The quantitative estimate of drug-likeness (QED) is 0.817. The molecule has 0 heterocycles. The van der Waals surface area contributed by atoms with E-state index in [-0.39, 0.29) is 12.6 Å². The van der Waals surface area contributed by atoms with Gasteiger partial charge in [-0.15, -0.1) is 0 Å². The Bertz CT molecular complexity index is 632. The summed E-state index contributed by atoms with van der Waals surface area (Å²) in [4.78, 5) is 13.3. The van der Waals surface area contributed by atoms with Crippen LogP contribution in [0.5, 0.6) is 5.75 Å². The van der Waals surface area contributed by atoms with Crippen LogP contribution in [0.15, 0.2) is 48.5 Å². The highest BCUT2D eigenvalue weighted by Crippen LogP contribution is 2.20. The minimum atomic E-state index is -0.426. The molecule has 0 radical (unpaired) electrons. The Kier molecular flexibility index (Phi) is 6.23. The lowest BCUT2D eigenvalue weighted by molar-refractivity contribution is 0.203. The maximum Gasteiger partial charge on any atom is 0.317 e. The summed E-state index contributed by atoms with van der Waals surface area (Å²) in [6.45, 7) is 0.796. The number of carbonyl (C=O) groups is 1. The molecular weight excluding hydrogens is 319 g/mol. The monoisotopic (exact) mass is 336 g/mol. The van der Waals surface area contributed by atoms with Crippen LogP contribution in [0.3, 0.4) is 0 Å². The molecule has 0 bridgehead atoms. The maximum atomic E-state index is 13.7. The largest absolute Gasteiger partial charge is 0.492 e. The van der Waals surface area contributed by atoms with Crippen molar-refractivity contribution in [2.24, 2.45) is 0 Å². The van der Waals surface area contributed by atoms with Gasteiger partial charge in [0.1, 0.15) is 18.2 Å². The lowest BCUT2D eigenvalue weighted by Gasteiger charge is -2.19. The molecule has 0 saturated carbocycles. The molecule has 0 unspecified atom stereocenters. The molecule has 122 valence electrons. The molecule has 2 aromatic carbocycles. The van der Waals surface area contributed by atoms with Gasteiger partial charge in [-0.25, -0.2) is 9.18 Å². The van der Waals surface area contributed by atoms with E-state index in [4.69, 9.17) is 16.3 Å². The topological polar surface area (TPSA) is 41.6 Å². The number of hydrogen-bond acceptors (Lipinski definition) is 2. The highest BCUT2D eigenvalue weighted by molar-refractivity contribution is 6.31. The van der Waals surface area contributed by atoms with E-state index >= 15 is 0 Å². The van der Waals surface area contributed by atoms with Crippen LogP contribution in [0.2, 0.25) is 5.02 Å². The normalized spacial score (nSPS) is 10.2. The van der Waals surface area contributed by atoms with Crippen molar-refractivity contribution in [3.05, 3.63) is 64.9 Å². The second-order valence-corrected chi connectivity index (χ2v) is 5.36. The fraction of sp³-hybridized carbons (Fsp3) is 0.235. The molecule has 0 aliphatic heterocycles. The molecule has 23 heavy (non-hydrogen) atoms. The van der Waals surface area contributed by atoms with Crippen LogP contribution in [0.1, 0.15) is 5.56 Å². The van der Waals surface area contributed by atoms with Crippen molar-refractivity contribution in [2.45, 2.75) is 6.54 Å². The van der Waals surface area contributed by atoms with Crippen LogP contribution >= 0.6 is 11.6 Å². The zero-order valence-electron chi connectivity index (χ0n) is 12.8. The summed E-state index contributed by atoms with van der Waals surface area (Å²) in [6.07, 6.45) is 0. The number of nitrogens with one attached hydrogen (secondary N) is 1. The van der Waals surface area contributed by atoms with Crippen LogP contribution < -0.4 is 10.1 Å². The summed E-state index contributed by atoms with van der Waals surface area (Å²) in [6, 6.07) is 13.5. The zero-order valence-corrected chi connectivity index (χ0v) is 13.5. The Morgan fingerprint density at radius 2 is 1.96 bits per heavy atom. The number of urea groups is 1. The number of amides is 2. The van der Waals surface area contributed by atoms with E-state index in [1.807, 2.05) is 30.3 Å². The van der Waals surface area contributed by atoms with Gasteiger partial charge in [-0.2, -0.15) is 0 Å². The number of nitrogens with zero attached hydrogens (tertiary/aromatic N) is 1. The number of hydrogen-bond donors (Lipinski definition) is 1.